The van der Waals surface area contributed by atoms with Gasteiger partial charge in [0.2, 0.25) is 5.91 Å². The third-order valence-corrected chi connectivity index (χ3v) is 5.68. The maximum Gasteiger partial charge on any atom is 0.225 e. The fourth-order valence-corrected chi connectivity index (χ4v) is 4.15. The average molecular weight is 345 g/mol. The van der Waals surface area contributed by atoms with Crippen LogP contribution >= 0.6 is 0 Å². The summed E-state index contributed by atoms with van der Waals surface area (Å²) in [5, 5.41) is 0. The molecule has 2 aliphatic heterocycles. The Morgan fingerprint density at radius 3 is 2.84 bits per heavy atom. The molecule has 2 saturated heterocycles. The standard InChI is InChI=1S/C18H27N5O2/c24-18(14-3-4-16-17(10-14)21-22-20-16)23-8-5-15(6-9-23)25-12-13-2-1-7-19-11-13/h1-2,7,11,14-17,20-22H,3-6,8-10,12H2. The number of carbonyl (C=O) groups excluding carboxylic acids is 1. The molecule has 0 bridgehead atoms. The van der Waals surface area contributed by atoms with E-state index in [0.717, 1.165) is 50.8 Å². The maximum absolute atomic E-state index is 12.8. The number of hydrogen-bond acceptors (Lipinski definition) is 6. The molecule has 0 radical (unpaired) electrons. The van der Waals surface area contributed by atoms with Gasteiger partial charge in [-0.25, -0.2) is 10.9 Å². The van der Waals surface area contributed by atoms with Gasteiger partial charge in [-0.1, -0.05) is 6.07 Å². The van der Waals surface area contributed by atoms with Crippen LogP contribution in [0.25, 0.3) is 0 Å². The molecule has 4 rings (SSSR count). The molecule has 0 aromatic carbocycles. The second-order valence-electron chi connectivity index (χ2n) is 7.33. The number of fused-ring (bicyclic) bond motifs is 1. The minimum absolute atomic E-state index is 0.156. The third kappa shape index (κ3) is 4.00. The molecule has 7 nitrogen and oxygen atoms in total. The molecule has 3 unspecified atom stereocenters. The van der Waals surface area contributed by atoms with E-state index >= 15 is 0 Å². The molecule has 25 heavy (non-hydrogen) atoms. The predicted octanol–water partition coefficient (Wildman–Crippen LogP) is 0.739. The number of pyridine rings is 1. The van der Waals surface area contributed by atoms with Crippen molar-refractivity contribution in [3.63, 3.8) is 0 Å². The van der Waals surface area contributed by atoms with Gasteiger partial charge in [0.1, 0.15) is 0 Å². The Kier molecular flexibility index (Phi) is 5.26. The van der Waals surface area contributed by atoms with Crippen LogP contribution in [0.1, 0.15) is 37.7 Å². The number of hydrazine groups is 2. The van der Waals surface area contributed by atoms with Crippen molar-refractivity contribution >= 4 is 5.91 Å². The van der Waals surface area contributed by atoms with Crippen molar-refractivity contribution in [3.05, 3.63) is 30.1 Å². The van der Waals surface area contributed by atoms with Crippen LogP contribution in [0.5, 0.6) is 0 Å². The summed E-state index contributed by atoms with van der Waals surface area (Å²) in [4.78, 5) is 19.0. The van der Waals surface area contributed by atoms with Crippen LogP contribution in [-0.2, 0) is 16.1 Å². The first-order chi connectivity index (χ1) is 12.3. The molecule has 0 spiro atoms. The van der Waals surface area contributed by atoms with Crippen molar-refractivity contribution in [2.75, 3.05) is 13.1 Å². The van der Waals surface area contributed by atoms with Crippen LogP contribution in [0.4, 0.5) is 0 Å². The molecule has 3 N–H and O–H groups in total. The molecule has 3 atom stereocenters. The SMILES string of the molecule is O=C(C1CCC2NNNC2C1)N1CCC(OCc2cccnc2)CC1. The molecule has 3 heterocycles. The summed E-state index contributed by atoms with van der Waals surface area (Å²) in [5.74, 6) is 0.487. The Labute approximate surface area is 148 Å². The molecule has 1 aliphatic carbocycles. The van der Waals surface area contributed by atoms with Gasteiger partial charge in [0.05, 0.1) is 12.7 Å². The summed E-state index contributed by atoms with van der Waals surface area (Å²) in [6.07, 6.45) is 8.65. The number of ether oxygens (including phenoxy) is 1. The third-order valence-electron chi connectivity index (χ3n) is 5.68. The summed E-state index contributed by atoms with van der Waals surface area (Å²) < 4.78 is 5.99. The lowest BCUT2D eigenvalue weighted by molar-refractivity contribution is -0.139. The normalized spacial score (nSPS) is 30.2. The summed E-state index contributed by atoms with van der Waals surface area (Å²) in [5.41, 5.74) is 10.5. The van der Waals surface area contributed by atoms with Crippen LogP contribution in [0, 0.1) is 5.92 Å². The van der Waals surface area contributed by atoms with E-state index in [1.807, 2.05) is 23.2 Å². The van der Waals surface area contributed by atoms with E-state index in [1.54, 1.807) is 6.20 Å². The molecule has 136 valence electrons. The molecule has 3 aliphatic rings. The summed E-state index contributed by atoms with van der Waals surface area (Å²) in [7, 11) is 0. The highest BCUT2D eigenvalue weighted by Crippen LogP contribution is 2.28. The van der Waals surface area contributed by atoms with Gasteiger partial charge in [-0.15, -0.1) is 0 Å². The van der Waals surface area contributed by atoms with Crippen LogP contribution in [0.15, 0.2) is 24.5 Å². The average Bonchev–Trinajstić information content (AvgIpc) is 3.15. The van der Waals surface area contributed by atoms with Crippen molar-refractivity contribution in [3.8, 4) is 0 Å². The molecule has 1 amide bonds. The highest BCUT2D eigenvalue weighted by Gasteiger charge is 2.38. The molecule has 1 saturated carbocycles. The first kappa shape index (κ1) is 16.9. The van der Waals surface area contributed by atoms with Gasteiger partial charge in [-0.05, 0) is 43.7 Å². The first-order valence-electron chi connectivity index (χ1n) is 9.35. The zero-order chi connectivity index (χ0) is 17.1. The smallest absolute Gasteiger partial charge is 0.225 e. The van der Waals surface area contributed by atoms with Crippen LogP contribution < -0.4 is 16.4 Å². The van der Waals surface area contributed by atoms with Crippen molar-refractivity contribution in [1.29, 1.82) is 0 Å². The topological polar surface area (TPSA) is 78.5 Å². The minimum Gasteiger partial charge on any atom is -0.373 e. The summed E-state index contributed by atoms with van der Waals surface area (Å²) in [6, 6.07) is 4.78. The lowest BCUT2D eigenvalue weighted by Gasteiger charge is -2.37. The van der Waals surface area contributed by atoms with E-state index in [4.69, 9.17) is 4.74 Å². The van der Waals surface area contributed by atoms with E-state index in [2.05, 4.69) is 21.4 Å². The Hall–Kier alpha value is -1.54. The zero-order valence-corrected chi connectivity index (χ0v) is 14.5. The molecule has 3 fully saturated rings. The van der Waals surface area contributed by atoms with Gasteiger partial charge in [0, 0.05) is 43.5 Å². The highest BCUT2D eigenvalue weighted by molar-refractivity contribution is 5.79. The molecular weight excluding hydrogens is 318 g/mol. The van der Waals surface area contributed by atoms with Crippen molar-refractivity contribution in [2.45, 2.75) is 56.9 Å². The van der Waals surface area contributed by atoms with Crippen LogP contribution in [0.2, 0.25) is 0 Å². The lowest BCUT2D eigenvalue weighted by Crippen LogP contribution is -2.48. The lowest BCUT2D eigenvalue weighted by atomic mass is 9.82. The van der Waals surface area contributed by atoms with E-state index in [0.29, 0.717) is 24.6 Å². The molecular formula is C18H27N5O2. The second-order valence-corrected chi connectivity index (χ2v) is 7.33. The number of nitrogens with zero attached hydrogens (tertiary/aromatic N) is 2. The van der Waals surface area contributed by atoms with E-state index in [9.17, 15) is 4.79 Å². The van der Waals surface area contributed by atoms with Gasteiger partial charge in [0.15, 0.2) is 0 Å². The Bertz CT molecular complexity index is 576. The fourth-order valence-electron chi connectivity index (χ4n) is 4.15. The van der Waals surface area contributed by atoms with Gasteiger partial charge < -0.3 is 9.64 Å². The number of rotatable bonds is 4. The van der Waals surface area contributed by atoms with E-state index in [1.165, 1.54) is 0 Å². The van der Waals surface area contributed by atoms with Crippen molar-refractivity contribution < 1.29 is 9.53 Å². The first-order valence-corrected chi connectivity index (χ1v) is 9.35. The second kappa shape index (κ2) is 7.78. The molecule has 1 aromatic rings. The Morgan fingerprint density at radius 2 is 2.04 bits per heavy atom. The Morgan fingerprint density at radius 1 is 1.20 bits per heavy atom. The van der Waals surface area contributed by atoms with Crippen LogP contribution in [0.3, 0.4) is 0 Å². The number of piperidine rings is 1. The zero-order valence-electron chi connectivity index (χ0n) is 14.5. The summed E-state index contributed by atoms with van der Waals surface area (Å²) in [6.45, 7) is 2.22. The molecule has 1 aromatic heterocycles. The predicted molar refractivity (Wildman–Crippen MR) is 93.0 cm³/mol. The quantitative estimate of drug-likeness (QED) is 0.747. The van der Waals surface area contributed by atoms with E-state index < -0.39 is 0 Å². The molecule has 7 heteroatoms. The maximum atomic E-state index is 12.8. The van der Waals surface area contributed by atoms with Gasteiger partial charge >= 0.3 is 0 Å². The summed E-state index contributed by atoms with van der Waals surface area (Å²) >= 11 is 0. The number of carbonyl (C=O) groups is 1. The largest absolute Gasteiger partial charge is 0.373 e. The van der Waals surface area contributed by atoms with Gasteiger partial charge in [-0.2, -0.15) is 5.53 Å². The van der Waals surface area contributed by atoms with Gasteiger partial charge in [-0.3, -0.25) is 9.78 Å². The monoisotopic (exact) mass is 345 g/mol. The number of nitrogens with one attached hydrogen (secondary N) is 3. The van der Waals surface area contributed by atoms with Gasteiger partial charge in [0.25, 0.3) is 0 Å². The number of hydrogen-bond donors (Lipinski definition) is 3. The minimum atomic E-state index is 0.156. The Balaban J connectivity index is 1.22. The van der Waals surface area contributed by atoms with Crippen molar-refractivity contribution in [2.24, 2.45) is 5.92 Å². The number of aromatic nitrogens is 1. The fraction of sp³-hybridized carbons (Fsp3) is 0.667. The highest BCUT2D eigenvalue weighted by atomic mass is 16.5. The number of likely N-dealkylation sites (tertiary alicyclic amines) is 1. The van der Waals surface area contributed by atoms with Crippen LogP contribution in [-0.4, -0.2) is 47.1 Å². The van der Waals surface area contributed by atoms with Crippen molar-refractivity contribution in [1.82, 2.24) is 26.3 Å². The number of amides is 1. The van der Waals surface area contributed by atoms with E-state index in [-0.39, 0.29) is 12.0 Å².